The van der Waals surface area contributed by atoms with Crippen molar-refractivity contribution >= 4 is 11.7 Å². The zero-order valence-corrected chi connectivity index (χ0v) is 17.7. The Morgan fingerprint density at radius 3 is 2.12 bits per heavy atom. The number of halogens is 2. The van der Waals surface area contributed by atoms with Crippen molar-refractivity contribution in [1.29, 1.82) is 0 Å². The molecule has 1 aliphatic heterocycles. The maximum atomic E-state index is 13.5. The molecule has 4 rings (SSSR count). The highest BCUT2D eigenvalue weighted by atomic mass is 19.1. The van der Waals surface area contributed by atoms with Crippen molar-refractivity contribution in [3.63, 3.8) is 0 Å². The van der Waals surface area contributed by atoms with Gasteiger partial charge in [-0.3, -0.25) is 9.78 Å². The number of carbonyl (C=O) groups is 1. The van der Waals surface area contributed by atoms with E-state index in [1.54, 1.807) is 30.5 Å². The fourth-order valence-corrected chi connectivity index (χ4v) is 3.81. The van der Waals surface area contributed by atoms with Crippen molar-refractivity contribution in [3.8, 4) is 22.5 Å². The van der Waals surface area contributed by atoms with Crippen LogP contribution in [0.4, 0.5) is 14.6 Å². The molecule has 0 unspecified atom stereocenters. The molecule has 1 N–H and O–H groups in total. The summed E-state index contributed by atoms with van der Waals surface area (Å²) in [5.41, 5.74) is 2.65. The predicted octanol–water partition coefficient (Wildman–Crippen LogP) is 3.82. The summed E-state index contributed by atoms with van der Waals surface area (Å²) >= 11 is 0. The van der Waals surface area contributed by atoms with Crippen molar-refractivity contribution in [1.82, 2.24) is 15.3 Å². The molecule has 2 aromatic carbocycles. The maximum Gasteiger partial charge on any atom is 0.246 e. The topological polar surface area (TPSA) is 67.3 Å². The minimum Gasteiger partial charge on any atom is -0.375 e. The monoisotopic (exact) mass is 438 g/mol. The van der Waals surface area contributed by atoms with Crippen LogP contribution >= 0.6 is 0 Å². The number of nitrogens with zero attached hydrogens (tertiary/aromatic N) is 3. The van der Waals surface area contributed by atoms with E-state index in [-0.39, 0.29) is 30.2 Å². The van der Waals surface area contributed by atoms with Gasteiger partial charge < -0.3 is 15.0 Å². The Kier molecular flexibility index (Phi) is 6.70. The van der Waals surface area contributed by atoms with Crippen LogP contribution in [-0.4, -0.2) is 48.7 Å². The minimum absolute atomic E-state index is 0.0531. The molecule has 166 valence electrons. The number of hydrogen-bond donors (Lipinski definition) is 1. The Morgan fingerprint density at radius 2 is 1.56 bits per heavy atom. The van der Waals surface area contributed by atoms with Crippen LogP contribution in [0.25, 0.3) is 22.5 Å². The highest BCUT2D eigenvalue weighted by Crippen LogP contribution is 2.31. The van der Waals surface area contributed by atoms with Crippen molar-refractivity contribution in [3.05, 3.63) is 66.4 Å². The zero-order chi connectivity index (χ0) is 22.5. The Hall–Kier alpha value is -3.39. The van der Waals surface area contributed by atoms with Gasteiger partial charge in [-0.2, -0.15) is 0 Å². The normalized spacial score (nSPS) is 14.4. The number of aromatic nitrogens is 2. The van der Waals surface area contributed by atoms with Gasteiger partial charge >= 0.3 is 0 Å². The van der Waals surface area contributed by atoms with Gasteiger partial charge in [-0.25, -0.2) is 13.8 Å². The summed E-state index contributed by atoms with van der Waals surface area (Å²) in [5, 5.41) is 2.98. The van der Waals surface area contributed by atoms with Gasteiger partial charge in [0.1, 0.15) is 24.1 Å². The molecule has 8 heteroatoms. The fourth-order valence-electron chi connectivity index (χ4n) is 3.81. The molecule has 0 radical (unpaired) electrons. The molecule has 3 aromatic rings. The number of methoxy groups -OCH3 is 1. The van der Waals surface area contributed by atoms with Crippen LogP contribution in [0.2, 0.25) is 0 Å². The molecule has 0 atom stereocenters. The molecule has 2 heterocycles. The molecule has 1 aromatic heterocycles. The second-order valence-corrected chi connectivity index (χ2v) is 7.70. The van der Waals surface area contributed by atoms with E-state index in [1.807, 2.05) is 0 Å². The first-order valence-electron chi connectivity index (χ1n) is 10.5. The van der Waals surface area contributed by atoms with E-state index >= 15 is 0 Å². The average Bonchev–Trinajstić information content (AvgIpc) is 2.80. The molecule has 1 fully saturated rings. The van der Waals surface area contributed by atoms with E-state index in [0.29, 0.717) is 30.3 Å². The number of anilines is 1. The number of benzene rings is 2. The summed E-state index contributed by atoms with van der Waals surface area (Å²) in [5.74, 6) is -0.0780. The summed E-state index contributed by atoms with van der Waals surface area (Å²) in [7, 11) is 1.50. The first-order valence-corrected chi connectivity index (χ1v) is 10.5. The van der Waals surface area contributed by atoms with Crippen LogP contribution in [0.3, 0.4) is 0 Å². The lowest BCUT2D eigenvalue weighted by Gasteiger charge is -2.33. The number of piperidine rings is 1. The molecule has 0 saturated carbocycles. The van der Waals surface area contributed by atoms with Crippen LogP contribution in [0.5, 0.6) is 0 Å². The summed E-state index contributed by atoms with van der Waals surface area (Å²) < 4.78 is 31.8. The standard InChI is InChI=1S/C24H24F2N4O2/c1-32-15-22(31)28-20-10-12-30(13-11-20)21-14-27-23(16-2-6-18(25)7-3-16)24(29-21)17-4-8-19(26)9-5-17/h2-9,14,20H,10-13,15H2,1H3,(H,28,31). The lowest BCUT2D eigenvalue weighted by molar-refractivity contribution is -0.125. The third kappa shape index (κ3) is 5.08. The quantitative estimate of drug-likeness (QED) is 0.634. The number of ether oxygens (including phenoxy) is 1. The first kappa shape index (κ1) is 21.8. The predicted molar refractivity (Wildman–Crippen MR) is 118 cm³/mol. The highest BCUT2D eigenvalue weighted by Gasteiger charge is 2.23. The van der Waals surface area contributed by atoms with E-state index in [2.05, 4.69) is 15.2 Å². The molecule has 6 nitrogen and oxygen atoms in total. The SMILES string of the molecule is COCC(=O)NC1CCN(c2cnc(-c3ccc(F)cc3)c(-c3ccc(F)cc3)n2)CC1. The zero-order valence-electron chi connectivity index (χ0n) is 17.7. The number of carbonyl (C=O) groups excluding carboxylic acids is 1. The Balaban J connectivity index is 1.59. The third-order valence-corrected chi connectivity index (χ3v) is 5.45. The van der Waals surface area contributed by atoms with Crippen LogP contribution < -0.4 is 10.2 Å². The van der Waals surface area contributed by atoms with Gasteiger partial charge in [0.2, 0.25) is 5.91 Å². The largest absolute Gasteiger partial charge is 0.375 e. The molecule has 1 saturated heterocycles. The second-order valence-electron chi connectivity index (χ2n) is 7.70. The van der Waals surface area contributed by atoms with E-state index in [4.69, 9.17) is 9.72 Å². The minimum atomic E-state index is -0.334. The summed E-state index contributed by atoms with van der Waals surface area (Å²) in [6.45, 7) is 1.48. The van der Waals surface area contributed by atoms with Gasteiger partial charge in [-0.05, 0) is 61.4 Å². The number of amides is 1. The molecular formula is C24H24F2N4O2. The number of hydrogen-bond acceptors (Lipinski definition) is 5. The Morgan fingerprint density at radius 1 is 1.00 bits per heavy atom. The maximum absolute atomic E-state index is 13.5. The highest BCUT2D eigenvalue weighted by molar-refractivity contribution is 5.79. The van der Waals surface area contributed by atoms with E-state index < -0.39 is 0 Å². The average molecular weight is 438 g/mol. The van der Waals surface area contributed by atoms with Gasteiger partial charge in [0.05, 0.1) is 17.6 Å². The van der Waals surface area contributed by atoms with E-state index in [9.17, 15) is 13.6 Å². The molecular weight excluding hydrogens is 414 g/mol. The summed E-state index contributed by atoms with van der Waals surface area (Å²) in [6, 6.07) is 12.2. The van der Waals surface area contributed by atoms with Crippen molar-refractivity contribution in [2.45, 2.75) is 18.9 Å². The van der Waals surface area contributed by atoms with Crippen LogP contribution in [0, 0.1) is 11.6 Å². The van der Waals surface area contributed by atoms with Gasteiger partial charge in [-0.15, -0.1) is 0 Å². The summed E-state index contributed by atoms with van der Waals surface area (Å²) in [4.78, 5) is 23.4. The molecule has 0 aliphatic carbocycles. The molecule has 0 spiro atoms. The van der Waals surface area contributed by atoms with E-state index in [1.165, 1.54) is 31.4 Å². The Bertz CT molecular complexity index is 1070. The first-order chi connectivity index (χ1) is 15.5. The lowest BCUT2D eigenvalue weighted by atomic mass is 10.0. The van der Waals surface area contributed by atoms with Crippen molar-refractivity contribution < 1.29 is 18.3 Å². The van der Waals surface area contributed by atoms with Crippen LogP contribution in [-0.2, 0) is 9.53 Å². The Labute approximate surface area is 185 Å². The molecule has 1 aliphatic rings. The number of nitrogens with one attached hydrogen (secondary N) is 1. The van der Waals surface area contributed by atoms with Gasteiger partial charge in [0.15, 0.2) is 0 Å². The summed E-state index contributed by atoms with van der Waals surface area (Å²) in [6.07, 6.45) is 3.26. The van der Waals surface area contributed by atoms with E-state index in [0.717, 1.165) is 24.0 Å². The lowest BCUT2D eigenvalue weighted by Crippen LogP contribution is -2.45. The van der Waals surface area contributed by atoms with Gasteiger partial charge in [0, 0.05) is 37.4 Å². The molecule has 32 heavy (non-hydrogen) atoms. The second kappa shape index (κ2) is 9.82. The smallest absolute Gasteiger partial charge is 0.246 e. The van der Waals surface area contributed by atoms with Crippen molar-refractivity contribution in [2.24, 2.45) is 0 Å². The van der Waals surface area contributed by atoms with Gasteiger partial charge in [0.25, 0.3) is 0 Å². The molecule has 0 bridgehead atoms. The third-order valence-electron chi connectivity index (χ3n) is 5.45. The van der Waals surface area contributed by atoms with Gasteiger partial charge in [-0.1, -0.05) is 0 Å². The number of rotatable bonds is 6. The van der Waals surface area contributed by atoms with Crippen molar-refractivity contribution in [2.75, 3.05) is 31.7 Å². The van der Waals surface area contributed by atoms with Crippen LogP contribution in [0.1, 0.15) is 12.8 Å². The molecule has 1 amide bonds. The van der Waals surface area contributed by atoms with Crippen LogP contribution in [0.15, 0.2) is 54.7 Å². The fraction of sp³-hybridized carbons (Fsp3) is 0.292.